The SMILES string of the molecule is Cc1onc(C(=O)Nc2cnn(Cc3ccc(Cl)cc3)c2)c1COc1ccccc1F. The zero-order chi connectivity index (χ0) is 21.8. The number of carbonyl (C=O) groups is 1. The summed E-state index contributed by atoms with van der Waals surface area (Å²) in [5, 5.41) is 11.5. The van der Waals surface area contributed by atoms with Crippen molar-refractivity contribution >= 4 is 23.2 Å². The molecule has 0 aliphatic rings. The Morgan fingerprint density at radius 1 is 1.23 bits per heavy atom. The Bertz CT molecular complexity index is 1200. The van der Waals surface area contributed by atoms with Crippen LogP contribution >= 0.6 is 11.6 Å². The van der Waals surface area contributed by atoms with Crippen molar-refractivity contribution in [2.75, 3.05) is 5.32 Å². The van der Waals surface area contributed by atoms with Crippen molar-refractivity contribution in [3.8, 4) is 5.75 Å². The molecule has 4 rings (SSSR count). The first kappa shape index (κ1) is 20.6. The highest BCUT2D eigenvalue weighted by molar-refractivity contribution is 6.30. The van der Waals surface area contributed by atoms with Gasteiger partial charge in [0.15, 0.2) is 17.3 Å². The number of carbonyl (C=O) groups excluding carboxylic acids is 1. The van der Waals surface area contributed by atoms with E-state index < -0.39 is 11.7 Å². The van der Waals surface area contributed by atoms with Crippen LogP contribution in [0.15, 0.2) is 65.4 Å². The Balaban J connectivity index is 1.43. The fourth-order valence-electron chi connectivity index (χ4n) is 2.93. The number of amides is 1. The van der Waals surface area contributed by atoms with Crippen LogP contribution in [0.1, 0.15) is 27.4 Å². The zero-order valence-corrected chi connectivity index (χ0v) is 17.3. The first-order valence-electron chi connectivity index (χ1n) is 9.40. The van der Waals surface area contributed by atoms with Crippen molar-refractivity contribution in [3.63, 3.8) is 0 Å². The number of aryl methyl sites for hydroxylation is 1. The van der Waals surface area contributed by atoms with E-state index in [4.69, 9.17) is 20.9 Å². The Kier molecular flexibility index (Phi) is 5.99. The van der Waals surface area contributed by atoms with E-state index in [9.17, 15) is 9.18 Å². The van der Waals surface area contributed by atoms with Crippen LogP contribution in [0, 0.1) is 12.7 Å². The van der Waals surface area contributed by atoms with E-state index in [-0.39, 0.29) is 18.1 Å². The first-order valence-corrected chi connectivity index (χ1v) is 9.78. The van der Waals surface area contributed by atoms with Gasteiger partial charge in [0.05, 0.1) is 24.0 Å². The van der Waals surface area contributed by atoms with Gasteiger partial charge in [-0.05, 0) is 36.8 Å². The lowest BCUT2D eigenvalue weighted by Gasteiger charge is -2.07. The monoisotopic (exact) mass is 440 g/mol. The molecule has 4 aromatic rings. The summed E-state index contributed by atoms with van der Waals surface area (Å²) in [4.78, 5) is 12.7. The molecule has 158 valence electrons. The summed E-state index contributed by atoms with van der Waals surface area (Å²) < 4.78 is 26.1. The molecule has 0 fully saturated rings. The molecule has 0 radical (unpaired) electrons. The van der Waals surface area contributed by atoms with Gasteiger partial charge in [0.2, 0.25) is 0 Å². The number of anilines is 1. The maximum atomic E-state index is 13.8. The molecule has 31 heavy (non-hydrogen) atoms. The summed E-state index contributed by atoms with van der Waals surface area (Å²) in [5.74, 6) is -0.469. The topological polar surface area (TPSA) is 82.2 Å². The maximum absolute atomic E-state index is 13.8. The minimum absolute atomic E-state index is 0.0607. The zero-order valence-electron chi connectivity index (χ0n) is 16.5. The Labute approximate surface area is 182 Å². The van der Waals surface area contributed by atoms with Gasteiger partial charge in [-0.15, -0.1) is 0 Å². The number of nitrogens with zero attached hydrogens (tertiary/aromatic N) is 3. The van der Waals surface area contributed by atoms with Crippen molar-refractivity contribution in [2.24, 2.45) is 0 Å². The van der Waals surface area contributed by atoms with Crippen LogP contribution in [0.3, 0.4) is 0 Å². The Morgan fingerprint density at radius 2 is 2.00 bits per heavy atom. The van der Waals surface area contributed by atoms with Gasteiger partial charge in [-0.2, -0.15) is 5.10 Å². The number of nitrogens with one attached hydrogen (secondary N) is 1. The lowest BCUT2D eigenvalue weighted by atomic mass is 10.2. The van der Waals surface area contributed by atoms with Crippen molar-refractivity contribution < 1.29 is 18.4 Å². The van der Waals surface area contributed by atoms with Crippen molar-refractivity contribution in [1.29, 1.82) is 0 Å². The summed E-state index contributed by atoms with van der Waals surface area (Å²) >= 11 is 5.90. The molecule has 0 saturated heterocycles. The van der Waals surface area contributed by atoms with Crippen LogP contribution in [-0.4, -0.2) is 20.8 Å². The minimum Gasteiger partial charge on any atom is -0.486 e. The molecule has 0 aliphatic carbocycles. The average molecular weight is 441 g/mol. The highest BCUT2D eigenvalue weighted by Gasteiger charge is 2.21. The van der Waals surface area contributed by atoms with E-state index in [0.29, 0.717) is 28.6 Å². The number of aromatic nitrogens is 3. The molecule has 0 unspecified atom stereocenters. The van der Waals surface area contributed by atoms with Gasteiger partial charge in [-0.3, -0.25) is 9.48 Å². The fraction of sp³-hybridized carbons (Fsp3) is 0.136. The largest absolute Gasteiger partial charge is 0.486 e. The molecule has 0 atom stereocenters. The second kappa shape index (κ2) is 9.01. The smallest absolute Gasteiger partial charge is 0.278 e. The molecule has 7 nitrogen and oxygen atoms in total. The van der Waals surface area contributed by atoms with E-state index in [1.54, 1.807) is 42.1 Å². The molecule has 0 aliphatic heterocycles. The second-order valence-corrected chi connectivity index (χ2v) is 7.23. The molecule has 1 N–H and O–H groups in total. The number of hydrogen-bond donors (Lipinski definition) is 1. The van der Waals surface area contributed by atoms with Gasteiger partial charge in [0, 0.05) is 11.2 Å². The predicted octanol–water partition coefficient (Wildman–Crippen LogP) is 4.85. The molecule has 2 aromatic heterocycles. The highest BCUT2D eigenvalue weighted by atomic mass is 35.5. The normalized spacial score (nSPS) is 10.8. The predicted molar refractivity (Wildman–Crippen MR) is 113 cm³/mol. The van der Waals surface area contributed by atoms with E-state index in [1.165, 1.54) is 18.3 Å². The first-order chi connectivity index (χ1) is 15.0. The number of rotatable bonds is 7. The summed E-state index contributed by atoms with van der Waals surface area (Å²) in [6.45, 7) is 2.13. The quantitative estimate of drug-likeness (QED) is 0.444. The standard InChI is InChI=1S/C22H18ClFN4O3/c1-14-18(13-30-20-5-3-2-4-19(20)24)21(27-31-14)22(29)26-17-10-25-28(12-17)11-15-6-8-16(23)9-7-15/h2-10,12H,11,13H2,1H3,(H,26,29). The molecule has 9 heteroatoms. The molecule has 1 amide bonds. The number of halogens is 2. The highest BCUT2D eigenvalue weighted by Crippen LogP contribution is 2.21. The van der Waals surface area contributed by atoms with Crippen LogP contribution in [0.5, 0.6) is 5.75 Å². The van der Waals surface area contributed by atoms with Gasteiger partial charge >= 0.3 is 0 Å². The fourth-order valence-corrected chi connectivity index (χ4v) is 3.06. The molecule has 0 saturated carbocycles. The molecule has 2 heterocycles. The number of hydrogen-bond acceptors (Lipinski definition) is 5. The van der Waals surface area contributed by atoms with Crippen LogP contribution in [0.4, 0.5) is 10.1 Å². The van der Waals surface area contributed by atoms with Gasteiger partial charge in [0.1, 0.15) is 12.4 Å². The van der Waals surface area contributed by atoms with Crippen molar-refractivity contribution in [1.82, 2.24) is 14.9 Å². The van der Waals surface area contributed by atoms with Crippen LogP contribution in [0.25, 0.3) is 0 Å². The molecule has 2 aromatic carbocycles. The maximum Gasteiger partial charge on any atom is 0.278 e. The van der Waals surface area contributed by atoms with Crippen molar-refractivity contribution in [3.05, 3.63) is 94.3 Å². The third kappa shape index (κ3) is 4.92. The third-order valence-electron chi connectivity index (χ3n) is 4.56. The molecule has 0 spiro atoms. The van der Waals surface area contributed by atoms with Gasteiger partial charge < -0.3 is 14.6 Å². The summed E-state index contributed by atoms with van der Waals surface area (Å²) in [7, 11) is 0. The van der Waals surface area contributed by atoms with Crippen molar-refractivity contribution in [2.45, 2.75) is 20.1 Å². The number of para-hydroxylation sites is 1. The molecular formula is C22H18ClFN4O3. The lowest BCUT2D eigenvalue weighted by molar-refractivity contribution is 0.101. The second-order valence-electron chi connectivity index (χ2n) is 6.79. The molecular weight excluding hydrogens is 423 g/mol. The van der Waals surface area contributed by atoms with E-state index >= 15 is 0 Å². The van der Waals surface area contributed by atoms with E-state index in [1.807, 2.05) is 12.1 Å². The summed E-state index contributed by atoms with van der Waals surface area (Å²) in [5.41, 5.74) is 2.03. The Morgan fingerprint density at radius 3 is 2.77 bits per heavy atom. The third-order valence-corrected chi connectivity index (χ3v) is 4.81. The summed E-state index contributed by atoms with van der Waals surface area (Å²) in [6.07, 6.45) is 3.24. The summed E-state index contributed by atoms with van der Waals surface area (Å²) in [6, 6.07) is 13.5. The van der Waals surface area contributed by atoms with Crippen LogP contribution < -0.4 is 10.1 Å². The van der Waals surface area contributed by atoms with Crippen LogP contribution in [-0.2, 0) is 13.2 Å². The number of benzene rings is 2. The van der Waals surface area contributed by atoms with Gasteiger partial charge in [-0.1, -0.05) is 41.0 Å². The van der Waals surface area contributed by atoms with Crippen LogP contribution in [0.2, 0.25) is 5.02 Å². The Hall–Kier alpha value is -3.65. The van der Waals surface area contributed by atoms with E-state index in [2.05, 4.69) is 15.6 Å². The van der Waals surface area contributed by atoms with E-state index in [0.717, 1.165) is 5.56 Å². The minimum atomic E-state index is -0.490. The average Bonchev–Trinajstić information content (AvgIpc) is 3.35. The van der Waals surface area contributed by atoms with Gasteiger partial charge in [-0.25, -0.2) is 4.39 Å². The number of ether oxygens (including phenoxy) is 1. The van der Waals surface area contributed by atoms with Gasteiger partial charge in [0.25, 0.3) is 5.91 Å². The lowest BCUT2D eigenvalue weighted by Crippen LogP contribution is -2.15. The molecule has 0 bridgehead atoms.